The molecule has 0 saturated carbocycles. The van der Waals surface area contributed by atoms with Gasteiger partial charge in [0.1, 0.15) is 5.75 Å². The molecule has 2 amide bonds. The van der Waals surface area contributed by atoms with Crippen LogP contribution >= 0.6 is 0 Å². The number of nitrogens with zero attached hydrogens (tertiary/aromatic N) is 1. The first-order chi connectivity index (χ1) is 9.11. The molecule has 2 rings (SSSR count). The first kappa shape index (κ1) is 14.0. The van der Waals surface area contributed by atoms with E-state index in [1.807, 2.05) is 0 Å². The van der Waals surface area contributed by atoms with Crippen molar-refractivity contribution in [3.8, 4) is 0 Å². The predicted molar refractivity (Wildman–Crippen MR) is 72.9 cm³/mol. The van der Waals surface area contributed by atoms with Gasteiger partial charge in [0.05, 0.1) is 11.1 Å². The van der Waals surface area contributed by atoms with E-state index in [0.29, 0.717) is 29.8 Å². The third kappa shape index (κ3) is 3.15. The zero-order valence-electron chi connectivity index (χ0n) is 10.5. The lowest BCUT2D eigenvalue weighted by Crippen LogP contribution is -2.30. The maximum absolute atomic E-state index is 12.0. The Morgan fingerprint density at radius 1 is 1.05 bits per heavy atom. The first-order valence-corrected chi connectivity index (χ1v) is 7.57. The SMILES string of the molecule is N[S+]([O-])CCCCCN1C(=O)c2ccccc2C1=O. The van der Waals surface area contributed by atoms with Gasteiger partial charge < -0.3 is 4.55 Å². The largest absolute Gasteiger partial charge is 0.598 e. The van der Waals surface area contributed by atoms with Crippen LogP contribution in [0.3, 0.4) is 0 Å². The van der Waals surface area contributed by atoms with E-state index in [9.17, 15) is 14.1 Å². The van der Waals surface area contributed by atoms with Crippen LogP contribution in [0.2, 0.25) is 0 Å². The Bertz CT molecular complexity index is 456. The van der Waals surface area contributed by atoms with E-state index in [0.717, 1.165) is 12.8 Å². The second kappa shape index (κ2) is 6.18. The molecule has 0 fully saturated rings. The summed E-state index contributed by atoms with van der Waals surface area (Å²) in [6.07, 6.45) is 2.26. The first-order valence-electron chi connectivity index (χ1n) is 6.19. The highest BCUT2D eigenvalue weighted by Crippen LogP contribution is 2.22. The topological polar surface area (TPSA) is 86.5 Å². The van der Waals surface area contributed by atoms with Gasteiger partial charge in [0.25, 0.3) is 11.8 Å². The number of carbonyl (C=O) groups is 2. The van der Waals surface area contributed by atoms with Crippen LogP contribution < -0.4 is 5.14 Å². The van der Waals surface area contributed by atoms with Crippen LogP contribution in [0.25, 0.3) is 0 Å². The molecular formula is C13H16N2O3S. The number of amides is 2. The minimum atomic E-state index is -1.26. The summed E-state index contributed by atoms with van der Waals surface area (Å²) in [5, 5.41) is 5.15. The molecule has 1 atom stereocenters. The van der Waals surface area contributed by atoms with E-state index in [-0.39, 0.29) is 11.8 Å². The van der Waals surface area contributed by atoms with Gasteiger partial charge in [-0.3, -0.25) is 14.5 Å². The molecule has 0 spiro atoms. The van der Waals surface area contributed by atoms with E-state index >= 15 is 0 Å². The highest BCUT2D eigenvalue weighted by molar-refractivity contribution is 7.89. The number of carbonyl (C=O) groups excluding carboxylic acids is 2. The second-order valence-electron chi connectivity index (χ2n) is 4.45. The van der Waals surface area contributed by atoms with Crippen LogP contribution in [0.5, 0.6) is 0 Å². The summed E-state index contributed by atoms with van der Waals surface area (Å²) in [6, 6.07) is 6.86. The van der Waals surface area contributed by atoms with Gasteiger partial charge in [-0.2, -0.15) is 5.14 Å². The molecule has 0 aliphatic carbocycles. The third-order valence-corrected chi connectivity index (χ3v) is 3.80. The normalized spacial score (nSPS) is 15.8. The summed E-state index contributed by atoms with van der Waals surface area (Å²) in [7, 11) is 0. The molecule has 0 bridgehead atoms. The molecule has 102 valence electrons. The van der Waals surface area contributed by atoms with Crippen molar-refractivity contribution in [1.29, 1.82) is 0 Å². The van der Waals surface area contributed by atoms with Gasteiger partial charge in [0, 0.05) is 17.9 Å². The molecule has 1 aromatic rings. The number of hydrogen-bond acceptors (Lipinski definition) is 4. The summed E-state index contributed by atoms with van der Waals surface area (Å²) in [5.74, 6) is 0.0215. The Labute approximate surface area is 115 Å². The smallest absolute Gasteiger partial charge is 0.261 e. The highest BCUT2D eigenvalue weighted by atomic mass is 32.2. The monoisotopic (exact) mass is 280 g/mol. The van der Waals surface area contributed by atoms with Crippen LogP contribution in [0.15, 0.2) is 24.3 Å². The molecule has 5 nitrogen and oxygen atoms in total. The van der Waals surface area contributed by atoms with E-state index < -0.39 is 11.4 Å². The third-order valence-electron chi connectivity index (χ3n) is 3.11. The van der Waals surface area contributed by atoms with Crippen LogP contribution in [-0.2, 0) is 11.4 Å². The highest BCUT2D eigenvalue weighted by Gasteiger charge is 2.34. The predicted octanol–water partition coefficient (Wildman–Crippen LogP) is 1.08. The summed E-state index contributed by atoms with van der Waals surface area (Å²) < 4.78 is 10.7. The number of nitrogens with two attached hydrogens (primary N) is 1. The standard InChI is InChI=1S/C13H16N2O3S/c14-19(18)9-5-1-4-8-15-12(16)10-6-2-3-7-11(10)13(15)17/h2-3,6-7H,1,4-5,8-9,14H2. The molecule has 6 heteroatoms. The van der Waals surface area contributed by atoms with Crippen molar-refractivity contribution >= 4 is 23.2 Å². The molecule has 1 heterocycles. The van der Waals surface area contributed by atoms with Crippen molar-refractivity contribution < 1.29 is 14.1 Å². The van der Waals surface area contributed by atoms with Crippen LogP contribution in [0.1, 0.15) is 40.0 Å². The summed E-state index contributed by atoms with van der Waals surface area (Å²) in [6.45, 7) is 0.406. The van der Waals surface area contributed by atoms with E-state index in [1.165, 1.54) is 4.90 Å². The van der Waals surface area contributed by atoms with Crippen molar-refractivity contribution in [3.63, 3.8) is 0 Å². The maximum atomic E-state index is 12.0. The van der Waals surface area contributed by atoms with Gasteiger partial charge in [-0.05, 0) is 31.4 Å². The zero-order valence-corrected chi connectivity index (χ0v) is 11.3. The summed E-state index contributed by atoms with van der Waals surface area (Å²) >= 11 is -1.26. The van der Waals surface area contributed by atoms with Crippen molar-refractivity contribution in [2.75, 3.05) is 12.3 Å². The minimum Gasteiger partial charge on any atom is -0.598 e. The number of rotatable bonds is 6. The lowest BCUT2D eigenvalue weighted by Gasteiger charge is -2.13. The van der Waals surface area contributed by atoms with Gasteiger partial charge in [0.2, 0.25) is 0 Å². The number of unbranched alkanes of at least 4 members (excludes halogenated alkanes) is 2. The summed E-state index contributed by atoms with van der Waals surface area (Å²) in [4.78, 5) is 25.3. The fourth-order valence-corrected chi connectivity index (χ4v) is 2.62. The Kier molecular flexibility index (Phi) is 4.57. The lowest BCUT2D eigenvalue weighted by atomic mass is 10.1. The van der Waals surface area contributed by atoms with Crippen LogP contribution in [0, 0.1) is 0 Å². The fraction of sp³-hybridized carbons (Fsp3) is 0.385. The average molecular weight is 280 g/mol. The molecule has 1 aliphatic rings. The number of benzene rings is 1. The van der Waals surface area contributed by atoms with Crippen molar-refractivity contribution in [3.05, 3.63) is 35.4 Å². The average Bonchev–Trinajstić information content (AvgIpc) is 2.63. The van der Waals surface area contributed by atoms with E-state index in [1.54, 1.807) is 24.3 Å². The molecule has 0 aromatic heterocycles. The zero-order chi connectivity index (χ0) is 13.8. The number of hydrogen-bond donors (Lipinski definition) is 1. The molecule has 1 aromatic carbocycles. The van der Waals surface area contributed by atoms with Gasteiger partial charge in [-0.25, -0.2) is 0 Å². The van der Waals surface area contributed by atoms with Crippen molar-refractivity contribution in [1.82, 2.24) is 4.90 Å². The number of fused-ring (bicyclic) bond motifs is 1. The minimum absolute atomic E-state index is 0.219. The Morgan fingerprint density at radius 3 is 2.16 bits per heavy atom. The molecule has 1 unspecified atom stereocenters. The molecular weight excluding hydrogens is 264 g/mol. The van der Waals surface area contributed by atoms with Gasteiger partial charge in [0.15, 0.2) is 0 Å². The van der Waals surface area contributed by atoms with Gasteiger partial charge >= 0.3 is 0 Å². The van der Waals surface area contributed by atoms with Gasteiger partial charge in [-0.15, -0.1) is 0 Å². The second-order valence-corrected chi connectivity index (χ2v) is 5.62. The quantitative estimate of drug-likeness (QED) is 0.480. The molecule has 2 N–H and O–H groups in total. The lowest BCUT2D eigenvalue weighted by molar-refractivity contribution is 0.0651. The molecule has 19 heavy (non-hydrogen) atoms. The molecule has 1 aliphatic heterocycles. The Balaban J connectivity index is 1.87. The molecule has 0 saturated heterocycles. The maximum Gasteiger partial charge on any atom is 0.261 e. The Hall–Kier alpha value is -1.37. The van der Waals surface area contributed by atoms with E-state index in [2.05, 4.69) is 0 Å². The molecule has 0 radical (unpaired) electrons. The Morgan fingerprint density at radius 2 is 1.63 bits per heavy atom. The van der Waals surface area contributed by atoms with Crippen molar-refractivity contribution in [2.45, 2.75) is 19.3 Å². The van der Waals surface area contributed by atoms with E-state index in [4.69, 9.17) is 5.14 Å². The fourth-order valence-electron chi connectivity index (χ4n) is 2.13. The number of imide groups is 1. The van der Waals surface area contributed by atoms with Crippen LogP contribution in [0.4, 0.5) is 0 Å². The van der Waals surface area contributed by atoms with Gasteiger partial charge in [-0.1, -0.05) is 12.1 Å². The van der Waals surface area contributed by atoms with Crippen LogP contribution in [-0.4, -0.2) is 33.6 Å². The van der Waals surface area contributed by atoms with Crippen molar-refractivity contribution in [2.24, 2.45) is 5.14 Å². The summed E-state index contributed by atoms with van der Waals surface area (Å²) in [5.41, 5.74) is 0.964.